The summed E-state index contributed by atoms with van der Waals surface area (Å²) in [5.74, 6) is 1.53. The molecule has 0 unspecified atom stereocenters. The zero-order chi connectivity index (χ0) is 15.9. The van der Waals surface area contributed by atoms with Crippen LogP contribution in [0.1, 0.15) is 30.5 Å². The van der Waals surface area contributed by atoms with Crippen LogP contribution >= 0.6 is 0 Å². The van der Waals surface area contributed by atoms with Gasteiger partial charge in [-0.05, 0) is 74.7 Å². The Kier molecular flexibility index (Phi) is 5.59. The molecule has 0 spiro atoms. The Morgan fingerprint density at radius 3 is 2.27 bits per heavy atom. The molecule has 0 radical (unpaired) electrons. The molecule has 0 bridgehead atoms. The summed E-state index contributed by atoms with van der Waals surface area (Å²) in [7, 11) is 0. The number of ether oxygens (including phenoxy) is 2. The van der Waals surface area contributed by atoms with E-state index in [-0.39, 0.29) is 0 Å². The molecule has 0 saturated heterocycles. The number of benzene rings is 2. The van der Waals surface area contributed by atoms with Gasteiger partial charge in [0.05, 0.1) is 18.9 Å². The van der Waals surface area contributed by atoms with E-state index in [9.17, 15) is 0 Å². The highest BCUT2D eigenvalue weighted by molar-refractivity contribution is 5.83. The molecule has 3 heteroatoms. The average molecular weight is 297 g/mol. The summed E-state index contributed by atoms with van der Waals surface area (Å²) in [6.45, 7) is 9.35. The zero-order valence-corrected chi connectivity index (χ0v) is 13.7. The van der Waals surface area contributed by atoms with Crippen molar-refractivity contribution in [1.82, 2.24) is 0 Å². The van der Waals surface area contributed by atoms with Crippen molar-refractivity contribution in [2.45, 2.75) is 27.7 Å². The Bertz CT molecular complexity index is 662. The van der Waals surface area contributed by atoms with Crippen LogP contribution in [0.5, 0.6) is 11.5 Å². The van der Waals surface area contributed by atoms with Crippen LogP contribution in [0.15, 0.2) is 41.4 Å². The lowest BCUT2D eigenvalue weighted by Crippen LogP contribution is -1.99. The number of aryl methyl sites for hydroxylation is 2. The normalized spacial score (nSPS) is 10.9. The topological polar surface area (TPSA) is 30.8 Å². The van der Waals surface area contributed by atoms with E-state index in [4.69, 9.17) is 9.47 Å². The first-order valence-electron chi connectivity index (χ1n) is 7.65. The molecule has 0 aliphatic carbocycles. The van der Waals surface area contributed by atoms with E-state index in [0.717, 1.165) is 22.7 Å². The van der Waals surface area contributed by atoms with E-state index in [1.54, 1.807) is 0 Å². The van der Waals surface area contributed by atoms with Crippen molar-refractivity contribution < 1.29 is 9.47 Å². The summed E-state index contributed by atoms with van der Waals surface area (Å²) in [6.07, 6.45) is 1.85. The van der Waals surface area contributed by atoms with Crippen molar-refractivity contribution in [3.8, 4) is 11.5 Å². The maximum atomic E-state index is 5.63. The maximum absolute atomic E-state index is 5.63. The van der Waals surface area contributed by atoms with Gasteiger partial charge in [-0.1, -0.05) is 6.07 Å². The predicted octanol–water partition coefficient (Wildman–Crippen LogP) is 4.85. The molecule has 116 valence electrons. The molecule has 2 rings (SSSR count). The van der Waals surface area contributed by atoms with Gasteiger partial charge in [0.2, 0.25) is 0 Å². The second-order valence-electron chi connectivity index (χ2n) is 5.10. The minimum absolute atomic E-state index is 0.609. The first-order chi connectivity index (χ1) is 10.6. The van der Waals surface area contributed by atoms with Crippen LogP contribution in [0.3, 0.4) is 0 Å². The molecule has 22 heavy (non-hydrogen) atoms. The van der Waals surface area contributed by atoms with Gasteiger partial charge < -0.3 is 9.47 Å². The summed E-state index contributed by atoms with van der Waals surface area (Å²) < 4.78 is 11.2. The fourth-order valence-electron chi connectivity index (χ4n) is 2.10. The van der Waals surface area contributed by atoms with Crippen molar-refractivity contribution >= 4 is 11.9 Å². The number of hydrogen-bond donors (Lipinski definition) is 0. The SMILES string of the molecule is CCOc1ccc(C=Nc2ccc(C)c(C)c2)cc1OCC. The van der Waals surface area contributed by atoms with Gasteiger partial charge in [-0.15, -0.1) is 0 Å². The highest BCUT2D eigenvalue weighted by Crippen LogP contribution is 2.28. The van der Waals surface area contributed by atoms with E-state index in [0.29, 0.717) is 13.2 Å². The summed E-state index contributed by atoms with van der Waals surface area (Å²) in [5, 5.41) is 0. The van der Waals surface area contributed by atoms with Crippen molar-refractivity contribution in [1.29, 1.82) is 0 Å². The number of nitrogens with zero attached hydrogens (tertiary/aromatic N) is 1. The monoisotopic (exact) mass is 297 g/mol. The zero-order valence-electron chi connectivity index (χ0n) is 13.7. The summed E-state index contributed by atoms with van der Waals surface area (Å²) >= 11 is 0. The molecular formula is C19H23NO2. The lowest BCUT2D eigenvalue weighted by Gasteiger charge is -2.11. The van der Waals surface area contributed by atoms with Crippen LogP contribution in [0.4, 0.5) is 5.69 Å². The Hall–Kier alpha value is -2.29. The van der Waals surface area contributed by atoms with Gasteiger partial charge in [-0.25, -0.2) is 0 Å². The maximum Gasteiger partial charge on any atom is 0.161 e. The van der Waals surface area contributed by atoms with Crippen molar-refractivity contribution in [2.75, 3.05) is 13.2 Å². The number of hydrogen-bond acceptors (Lipinski definition) is 3. The summed E-state index contributed by atoms with van der Waals surface area (Å²) in [5.41, 5.74) is 4.47. The fraction of sp³-hybridized carbons (Fsp3) is 0.316. The Balaban J connectivity index is 2.22. The lowest BCUT2D eigenvalue weighted by atomic mass is 10.1. The van der Waals surface area contributed by atoms with Crippen molar-refractivity contribution in [3.63, 3.8) is 0 Å². The van der Waals surface area contributed by atoms with E-state index in [1.807, 2.05) is 44.3 Å². The van der Waals surface area contributed by atoms with Gasteiger partial charge in [0, 0.05) is 6.21 Å². The minimum atomic E-state index is 0.609. The Morgan fingerprint density at radius 1 is 0.864 bits per heavy atom. The molecule has 0 aliphatic rings. The molecule has 3 nitrogen and oxygen atoms in total. The first kappa shape index (κ1) is 16.1. The molecule has 0 aliphatic heterocycles. The third-order valence-corrected chi connectivity index (χ3v) is 3.42. The van der Waals surface area contributed by atoms with Gasteiger partial charge in [0.15, 0.2) is 11.5 Å². The fourth-order valence-corrected chi connectivity index (χ4v) is 2.10. The van der Waals surface area contributed by atoms with E-state index in [1.165, 1.54) is 11.1 Å². The van der Waals surface area contributed by atoms with Crippen LogP contribution in [0, 0.1) is 13.8 Å². The van der Waals surface area contributed by atoms with Gasteiger partial charge in [0.25, 0.3) is 0 Å². The highest BCUT2D eigenvalue weighted by Gasteiger charge is 2.05. The molecular weight excluding hydrogens is 274 g/mol. The lowest BCUT2D eigenvalue weighted by molar-refractivity contribution is 0.288. The van der Waals surface area contributed by atoms with Crippen LogP contribution < -0.4 is 9.47 Å². The smallest absolute Gasteiger partial charge is 0.161 e. The minimum Gasteiger partial charge on any atom is -0.490 e. The van der Waals surface area contributed by atoms with Crippen LogP contribution in [-0.2, 0) is 0 Å². The van der Waals surface area contributed by atoms with E-state index >= 15 is 0 Å². The molecule has 2 aromatic carbocycles. The molecule has 0 N–H and O–H groups in total. The van der Waals surface area contributed by atoms with Crippen LogP contribution in [-0.4, -0.2) is 19.4 Å². The third-order valence-electron chi connectivity index (χ3n) is 3.42. The standard InChI is InChI=1S/C19H23NO2/c1-5-21-18-10-8-16(12-19(18)22-6-2)13-20-17-9-7-14(3)15(4)11-17/h7-13H,5-6H2,1-4H3. The number of rotatable bonds is 6. The van der Waals surface area contributed by atoms with Crippen molar-refractivity contribution in [3.05, 3.63) is 53.1 Å². The second-order valence-corrected chi connectivity index (χ2v) is 5.10. The number of aliphatic imine (C=N–C) groups is 1. The predicted molar refractivity (Wildman–Crippen MR) is 92.0 cm³/mol. The van der Waals surface area contributed by atoms with E-state index in [2.05, 4.69) is 31.0 Å². The van der Waals surface area contributed by atoms with Gasteiger partial charge in [0.1, 0.15) is 0 Å². The summed E-state index contributed by atoms with van der Waals surface area (Å²) in [4.78, 5) is 4.53. The quantitative estimate of drug-likeness (QED) is 0.713. The van der Waals surface area contributed by atoms with E-state index < -0.39 is 0 Å². The average Bonchev–Trinajstić information content (AvgIpc) is 2.51. The Labute approximate surface area is 132 Å². The summed E-state index contributed by atoms with van der Waals surface area (Å²) in [6, 6.07) is 12.1. The second kappa shape index (κ2) is 7.64. The molecule has 0 atom stereocenters. The highest BCUT2D eigenvalue weighted by atomic mass is 16.5. The molecule has 0 amide bonds. The van der Waals surface area contributed by atoms with Crippen LogP contribution in [0.25, 0.3) is 0 Å². The van der Waals surface area contributed by atoms with Crippen molar-refractivity contribution in [2.24, 2.45) is 4.99 Å². The molecule has 0 fully saturated rings. The molecule has 0 heterocycles. The Morgan fingerprint density at radius 2 is 1.59 bits per heavy atom. The van der Waals surface area contributed by atoms with Gasteiger partial charge >= 0.3 is 0 Å². The van der Waals surface area contributed by atoms with Gasteiger partial charge in [-0.3, -0.25) is 4.99 Å². The molecule has 0 saturated carbocycles. The molecule has 0 aromatic heterocycles. The molecule has 2 aromatic rings. The van der Waals surface area contributed by atoms with Crippen LogP contribution in [0.2, 0.25) is 0 Å². The van der Waals surface area contributed by atoms with Gasteiger partial charge in [-0.2, -0.15) is 0 Å². The largest absolute Gasteiger partial charge is 0.490 e. The first-order valence-corrected chi connectivity index (χ1v) is 7.65. The third kappa shape index (κ3) is 4.10.